The highest BCUT2D eigenvalue weighted by atomic mass is 16.5. The standard InChI is InChI=1S/C12H17NO/c1-8(13)11-7-12(11)9-4-3-5-10(6-9)14-2/h3-6,8,11-12H,7,13H2,1-2H3/t8-,11+,12+/m1/s1. The van der Waals surface area contributed by atoms with Crippen LogP contribution in [0.1, 0.15) is 24.8 Å². The molecule has 0 amide bonds. The minimum Gasteiger partial charge on any atom is -0.497 e. The Morgan fingerprint density at radius 2 is 2.29 bits per heavy atom. The summed E-state index contributed by atoms with van der Waals surface area (Å²) >= 11 is 0. The maximum Gasteiger partial charge on any atom is 0.119 e. The first-order valence-electron chi connectivity index (χ1n) is 5.12. The fourth-order valence-corrected chi connectivity index (χ4v) is 2.05. The zero-order chi connectivity index (χ0) is 10.1. The monoisotopic (exact) mass is 191 g/mol. The van der Waals surface area contributed by atoms with E-state index in [1.165, 1.54) is 12.0 Å². The van der Waals surface area contributed by atoms with E-state index in [-0.39, 0.29) is 0 Å². The van der Waals surface area contributed by atoms with Crippen molar-refractivity contribution < 1.29 is 4.74 Å². The SMILES string of the molecule is COc1cccc([C@@H]2C[C@H]2[C@@H](C)N)c1. The summed E-state index contributed by atoms with van der Waals surface area (Å²) in [5, 5.41) is 0. The third kappa shape index (κ3) is 1.75. The second-order valence-electron chi connectivity index (χ2n) is 4.14. The Bertz CT molecular complexity index is 322. The zero-order valence-electron chi connectivity index (χ0n) is 8.73. The van der Waals surface area contributed by atoms with Crippen molar-refractivity contribution in [1.29, 1.82) is 0 Å². The van der Waals surface area contributed by atoms with Crippen LogP contribution in [0.25, 0.3) is 0 Å². The van der Waals surface area contributed by atoms with Crippen molar-refractivity contribution in [3.63, 3.8) is 0 Å². The summed E-state index contributed by atoms with van der Waals surface area (Å²) in [7, 11) is 1.70. The van der Waals surface area contributed by atoms with Crippen molar-refractivity contribution in [2.45, 2.75) is 25.3 Å². The Balaban J connectivity index is 2.11. The summed E-state index contributed by atoms with van der Waals surface area (Å²) in [6, 6.07) is 8.62. The van der Waals surface area contributed by atoms with Crippen molar-refractivity contribution in [1.82, 2.24) is 0 Å². The number of benzene rings is 1. The van der Waals surface area contributed by atoms with Gasteiger partial charge in [0.15, 0.2) is 0 Å². The van der Waals surface area contributed by atoms with Gasteiger partial charge >= 0.3 is 0 Å². The van der Waals surface area contributed by atoms with Gasteiger partial charge in [0.25, 0.3) is 0 Å². The molecular weight excluding hydrogens is 174 g/mol. The molecule has 2 N–H and O–H groups in total. The van der Waals surface area contributed by atoms with Gasteiger partial charge in [-0.25, -0.2) is 0 Å². The molecule has 1 fully saturated rings. The first-order valence-corrected chi connectivity index (χ1v) is 5.12. The van der Waals surface area contributed by atoms with Gasteiger partial charge in [-0.1, -0.05) is 12.1 Å². The van der Waals surface area contributed by atoms with Gasteiger partial charge in [0.2, 0.25) is 0 Å². The van der Waals surface area contributed by atoms with Gasteiger partial charge in [-0.2, -0.15) is 0 Å². The fourth-order valence-electron chi connectivity index (χ4n) is 2.05. The Morgan fingerprint density at radius 1 is 1.50 bits per heavy atom. The van der Waals surface area contributed by atoms with Crippen molar-refractivity contribution in [2.24, 2.45) is 11.7 Å². The van der Waals surface area contributed by atoms with Crippen LogP contribution in [0.5, 0.6) is 5.75 Å². The molecule has 3 atom stereocenters. The Labute approximate surface area is 85.1 Å². The molecule has 2 rings (SSSR count). The van der Waals surface area contributed by atoms with Gasteiger partial charge in [0.05, 0.1) is 7.11 Å². The van der Waals surface area contributed by atoms with Gasteiger partial charge in [-0.3, -0.25) is 0 Å². The van der Waals surface area contributed by atoms with Crippen LogP contribution in [0.3, 0.4) is 0 Å². The second-order valence-corrected chi connectivity index (χ2v) is 4.14. The van der Waals surface area contributed by atoms with E-state index in [1.807, 2.05) is 12.1 Å². The normalized spacial score (nSPS) is 27.1. The molecule has 0 radical (unpaired) electrons. The summed E-state index contributed by atoms with van der Waals surface area (Å²) in [6.07, 6.45) is 1.23. The van der Waals surface area contributed by atoms with Crippen molar-refractivity contribution in [3.8, 4) is 5.75 Å². The molecule has 0 aliphatic heterocycles. The van der Waals surface area contributed by atoms with Crippen LogP contribution in [0.15, 0.2) is 24.3 Å². The van der Waals surface area contributed by atoms with Crippen LogP contribution in [0.4, 0.5) is 0 Å². The van der Waals surface area contributed by atoms with E-state index < -0.39 is 0 Å². The van der Waals surface area contributed by atoms with E-state index in [0.717, 1.165) is 5.75 Å². The van der Waals surface area contributed by atoms with Crippen LogP contribution in [0, 0.1) is 5.92 Å². The molecule has 1 aliphatic rings. The molecule has 14 heavy (non-hydrogen) atoms. The lowest BCUT2D eigenvalue weighted by atomic mass is 10.1. The van der Waals surface area contributed by atoms with Crippen molar-refractivity contribution in [2.75, 3.05) is 7.11 Å². The summed E-state index contributed by atoms with van der Waals surface area (Å²) in [5.41, 5.74) is 7.23. The van der Waals surface area contributed by atoms with E-state index in [2.05, 4.69) is 19.1 Å². The molecule has 76 valence electrons. The quantitative estimate of drug-likeness (QED) is 0.794. The molecule has 0 saturated heterocycles. The molecule has 1 aromatic carbocycles. The summed E-state index contributed by atoms with van der Waals surface area (Å²) in [6.45, 7) is 2.09. The van der Waals surface area contributed by atoms with E-state index in [4.69, 9.17) is 10.5 Å². The van der Waals surface area contributed by atoms with Gasteiger partial charge in [-0.15, -0.1) is 0 Å². The molecule has 0 spiro atoms. The third-order valence-corrected chi connectivity index (χ3v) is 3.04. The summed E-state index contributed by atoms with van der Waals surface area (Å²) in [4.78, 5) is 0. The predicted octanol–water partition coefficient (Wildman–Crippen LogP) is 2.15. The average molecular weight is 191 g/mol. The average Bonchev–Trinajstić information content (AvgIpc) is 2.97. The fraction of sp³-hybridized carbons (Fsp3) is 0.500. The van der Waals surface area contributed by atoms with Gasteiger partial charge < -0.3 is 10.5 Å². The lowest BCUT2D eigenvalue weighted by Crippen LogP contribution is -2.17. The van der Waals surface area contributed by atoms with Crippen LogP contribution in [-0.2, 0) is 0 Å². The van der Waals surface area contributed by atoms with Crippen molar-refractivity contribution >= 4 is 0 Å². The summed E-state index contributed by atoms with van der Waals surface area (Å²) in [5.74, 6) is 2.27. The highest BCUT2D eigenvalue weighted by Crippen LogP contribution is 2.49. The van der Waals surface area contributed by atoms with Crippen molar-refractivity contribution in [3.05, 3.63) is 29.8 Å². The predicted molar refractivity (Wildman–Crippen MR) is 57.5 cm³/mol. The maximum atomic E-state index is 5.86. The van der Waals surface area contributed by atoms with E-state index in [0.29, 0.717) is 17.9 Å². The Hall–Kier alpha value is -1.02. The Morgan fingerprint density at radius 3 is 2.86 bits per heavy atom. The van der Waals surface area contributed by atoms with Crippen LogP contribution in [0.2, 0.25) is 0 Å². The molecule has 2 heteroatoms. The minimum absolute atomic E-state index is 0.311. The zero-order valence-corrected chi connectivity index (χ0v) is 8.73. The summed E-state index contributed by atoms with van der Waals surface area (Å²) < 4.78 is 5.20. The number of ether oxygens (including phenoxy) is 1. The number of rotatable bonds is 3. The first-order chi connectivity index (χ1) is 6.72. The van der Waals surface area contributed by atoms with E-state index >= 15 is 0 Å². The molecule has 0 heterocycles. The van der Waals surface area contributed by atoms with Gasteiger partial charge in [0.1, 0.15) is 5.75 Å². The Kier molecular flexibility index (Phi) is 2.46. The maximum absolute atomic E-state index is 5.86. The van der Waals surface area contributed by atoms with E-state index in [9.17, 15) is 0 Å². The molecule has 1 aromatic rings. The lowest BCUT2D eigenvalue weighted by molar-refractivity contribution is 0.414. The lowest BCUT2D eigenvalue weighted by Gasteiger charge is -2.05. The molecule has 0 unspecified atom stereocenters. The largest absolute Gasteiger partial charge is 0.497 e. The smallest absolute Gasteiger partial charge is 0.119 e. The van der Waals surface area contributed by atoms with Crippen LogP contribution in [-0.4, -0.2) is 13.2 Å². The molecule has 1 aliphatic carbocycles. The number of methoxy groups -OCH3 is 1. The molecule has 0 aromatic heterocycles. The topological polar surface area (TPSA) is 35.2 Å². The number of hydrogen-bond acceptors (Lipinski definition) is 2. The van der Waals surface area contributed by atoms with Gasteiger partial charge in [0, 0.05) is 6.04 Å². The number of nitrogens with two attached hydrogens (primary N) is 1. The van der Waals surface area contributed by atoms with Gasteiger partial charge in [-0.05, 0) is 42.9 Å². The molecule has 1 saturated carbocycles. The number of hydrogen-bond donors (Lipinski definition) is 1. The highest BCUT2D eigenvalue weighted by molar-refractivity contribution is 5.34. The van der Waals surface area contributed by atoms with Crippen LogP contribution < -0.4 is 10.5 Å². The molecule has 2 nitrogen and oxygen atoms in total. The molecule has 0 bridgehead atoms. The highest BCUT2D eigenvalue weighted by Gasteiger charge is 2.40. The van der Waals surface area contributed by atoms with E-state index in [1.54, 1.807) is 7.11 Å². The van der Waals surface area contributed by atoms with Crippen LogP contribution >= 0.6 is 0 Å². The minimum atomic E-state index is 0.311. The molecular formula is C12H17NO. The second kappa shape index (κ2) is 3.62. The first kappa shape index (κ1) is 9.53. The third-order valence-electron chi connectivity index (χ3n) is 3.04.